The van der Waals surface area contributed by atoms with Crippen molar-refractivity contribution in [2.45, 2.75) is 0 Å². The lowest BCUT2D eigenvalue weighted by molar-refractivity contribution is -0.383. The summed E-state index contributed by atoms with van der Waals surface area (Å²) in [6, 6.07) is 10.2. The number of imide groups is 1. The van der Waals surface area contributed by atoms with Gasteiger partial charge in [-0.1, -0.05) is 6.07 Å². The predicted molar refractivity (Wildman–Crippen MR) is 96.8 cm³/mol. The van der Waals surface area contributed by atoms with E-state index in [0.29, 0.717) is 0 Å². The zero-order valence-electron chi connectivity index (χ0n) is 13.9. The Hall–Kier alpha value is -4.27. The van der Waals surface area contributed by atoms with E-state index in [-0.39, 0.29) is 33.3 Å². The molecule has 2 N–H and O–H groups in total. The third-order valence-electron chi connectivity index (χ3n) is 4.55. The summed E-state index contributed by atoms with van der Waals surface area (Å²) in [6.07, 6.45) is 0. The molecule has 9 nitrogen and oxygen atoms in total. The first-order valence-corrected chi connectivity index (χ1v) is 7.96. The van der Waals surface area contributed by atoms with Gasteiger partial charge in [-0.05, 0) is 36.4 Å². The molecule has 0 bridgehead atoms. The molecule has 1 aliphatic rings. The smallest absolute Gasteiger partial charge is 0.339 e. The summed E-state index contributed by atoms with van der Waals surface area (Å²) in [5.41, 5.74) is -0.564. The van der Waals surface area contributed by atoms with Gasteiger partial charge in [0.05, 0.1) is 16.0 Å². The first kappa shape index (κ1) is 17.2. The highest BCUT2D eigenvalue weighted by Gasteiger charge is 2.36. The average Bonchev–Trinajstić information content (AvgIpc) is 2.66. The standard InChI is InChI=1S/C19H10N2O7/c22-15-7-4-9(8-13(15)19(25)26)20-17(23)11-3-1-2-10-14(21(27)28)6-5-12(16(10)11)18(20)24/h1-8,22H,(H,25,26). The molecule has 0 spiro atoms. The molecule has 0 aliphatic carbocycles. The fourth-order valence-corrected chi connectivity index (χ4v) is 3.31. The molecule has 0 aromatic heterocycles. The van der Waals surface area contributed by atoms with Gasteiger partial charge in [0.2, 0.25) is 0 Å². The fraction of sp³-hybridized carbons (Fsp3) is 0. The maximum Gasteiger partial charge on any atom is 0.339 e. The molecular formula is C19H10N2O7. The van der Waals surface area contributed by atoms with Gasteiger partial charge >= 0.3 is 5.97 Å². The van der Waals surface area contributed by atoms with Gasteiger partial charge in [-0.3, -0.25) is 19.7 Å². The van der Waals surface area contributed by atoms with Crippen LogP contribution in [0, 0.1) is 10.1 Å². The summed E-state index contributed by atoms with van der Waals surface area (Å²) in [5, 5.41) is 30.5. The highest BCUT2D eigenvalue weighted by Crippen LogP contribution is 2.37. The molecule has 0 atom stereocenters. The van der Waals surface area contributed by atoms with Crippen LogP contribution < -0.4 is 4.90 Å². The van der Waals surface area contributed by atoms with E-state index in [4.69, 9.17) is 0 Å². The van der Waals surface area contributed by atoms with Crippen LogP contribution in [0.4, 0.5) is 11.4 Å². The van der Waals surface area contributed by atoms with E-state index < -0.39 is 34.0 Å². The summed E-state index contributed by atoms with van der Waals surface area (Å²) in [4.78, 5) is 48.7. The van der Waals surface area contributed by atoms with E-state index in [0.717, 1.165) is 17.0 Å². The number of rotatable bonds is 3. The predicted octanol–water partition coefficient (Wildman–Crippen LogP) is 2.95. The van der Waals surface area contributed by atoms with Crippen LogP contribution in [-0.4, -0.2) is 32.9 Å². The number of carbonyl (C=O) groups excluding carboxylic acids is 2. The first-order chi connectivity index (χ1) is 13.3. The topological polar surface area (TPSA) is 138 Å². The number of carboxylic acids is 1. The zero-order valence-corrected chi connectivity index (χ0v) is 13.9. The van der Waals surface area contributed by atoms with Gasteiger partial charge in [0.15, 0.2) is 0 Å². The number of aromatic hydroxyl groups is 1. The van der Waals surface area contributed by atoms with Crippen LogP contribution >= 0.6 is 0 Å². The number of hydrogen-bond acceptors (Lipinski definition) is 6. The molecule has 0 unspecified atom stereocenters. The number of nitrogens with zero attached hydrogens (tertiary/aromatic N) is 2. The molecule has 0 radical (unpaired) electrons. The second-order valence-electron chi connectivity index (χ2n) is 6.07. The highest BCUT2D eigenvalue weighted by molar-refractivity contribution is 6.36. The van der Waals surface area contributed by atoms with Gasteiger partial charge in [-0.15, -0.1) is 0 Å². The number of hydrogen-bond donors (Lipinski definition) is 2. The van der Waals surface area contributed by atoms with Crippen LogP contribution in [0.5, 0.6) is 5.75 Å². The summed E-state index contributed by atoms with van der Waals surface area (Å²) in [6.45, 7) is 0. The molecule has 0 fully saturated rings. The highest BCUT2D eigenvalue weighted by atomic mass is 16.6. The van der Waals surface area contributed by atoms with Gasteiger partial charge in [-0.25, -0.2) is 9.69 Å². The number of amides is 2. The van der Waals surface area contributed by atoms with Crippen LogP contribution in [0.25, 0.3) is 10.8 Å². The number of nitro benzene ring substituents is 1. The number of anilines is 1. The lowest BCUT2D eigenvalue weighted by Gasteiger charge is -2.27. The minimum Gasteiger partial charge on any atom is -0.507 e. The van der Waals surface area contributed by atoms with E-state index in [1.165, 1.54) is 36.4 Å². The largest absolute Gasteiger partial charge is 0.507 e. The Labute approximate surface area is 156 Å². The molecule has 0 saturated carbocycles. The maximum absolute atomic E-state index is 13.0. The quantitative estimate of drug-likeness (QED) is 0.406. The minimum atomic E-state index is -1.42. The second-order valence-corrected chi connectivity index (χ2v) is 6.07. The van der Waals surface area contributed by atoms with Crippen molar-refractivity contribution in [3.05, 3.63) is 75.3 Å². The van der Waals surface area contributed by atoms with Crippen molar-refractivity contribution in [1.82, 2.24) is 0 Å². The Morgan fingerprint density at radius 3 is 2.32 bits per heavy atom. The van der Waals surface area contributed by atoms with Crippen molar-refractivity contribution in [3.8, 4) is 5.75 Å². The van der Waals surface area contributed by atoms with Gasteiger partial charge in [0.1, 0.15) is 11.3 Å². The van der Waals surface area contributed by atoms with Crippen molar-refractivity contribution < 1.29 is 29.5 Å². The van der Waals surface area contributed by atoms with E-state index in [2.05, 4.69) is 0 Å². The first-order valence-electron chi connectivity index (χ1n) is 7.96. The SMILES string of the molecule is O=C(O)c1cc(N2C(=O)c3cccc4c([N+](=O)[O-])ccc(c34)C2=O)ccc1O. The molecule has 2 amide bonds. The Bertz CT molecular complexity index is 1210. The molecule has 0 saturated heterocycles. The molecule has 9 heteroatoms. The van der Waals surface area contributed by atoms with Gasteiger partial charge in [0, 0.05) is 22.6 Å². The van der Waals surface area contributed by atoms with E-state index >= 15 is 0 Å². The van der Waals surface area contributed by atoms with Gasteiger partial charge < -0.3 is 10.2 Å². The molecular weight excluding hydrogens is 368 g/mol. The van der Waals surface area contributed by atoms with Crippen LogP contribution in [0.3, 0.4) is 0 Å². The van der Waals surface area contributed by atoms with Gasteiger partial charge in [0.25, 0.3) is 17.5 Å². The van der Waals surface area contributed by atoms with Crippen molar-refractivity contribution in [3.63, 3.8) is 0 Å². The normalized spacial score (nSPS) is 13.1. The third-order valence-corrected chi connectivity index (χ3v) is 4.55. The summed E-state index contributed by atoms with van der Waals surface area (Å²) in [5.74, 6) is -3.42. The Morgan fingerprint density at radius 1 is 1.00 bits per heavy atom. The zero-order chi connectivity index (χ0) is 20.2. The van der Waals surface area contributed by atoms with Crippen LogP contribution in [-0.2, 0) is 0 Å². The molecule has 1 heterocycles. The number of nitro groups is 1. The number of carboxylic acid groups (broad SMARTS) is 1. The Balaban J connectivity index is 1.96. The summed E-state index contributed by atoms with van der Waals surface area (Å²) >= 11 is 0. The van der Waals surface area contributed by atoms with Gasteiger partial charge in [-0.2, -0.15) is 0 Å². The fourth-order valence-electron chi connectivity index (χ4n) is 3.31. The number of non-ortho nitro benzene ring substituents is 1. The van der Waals surface area contributed by atoms with Crippen molar-refractivity contribution in [2.24, 2.45) is 0 Å². The van der Waals surface area contributed by atoms with E-state index in [1.807, 2.05) is 0 Å². The minimum absolute atomic E-state index is 0.0359. The summed E-state index contributed by atoms with van der Waals surface area (Å²) < 4.78 is 0. The molecule has 1 aliphatic heterocycles. The van der Waals surface area contributed by atoms with Crippen LogP contribution in [0.1, 0.15) is 31.1 Å². The molecule has 3 aromatic rings. The maximum atomic E-state index is 13.0. The third kappa shape index (κ3) is 2.30. The molecule has 3 aromatic carbocycles. The Morgan fingerprint density at radius 2 is 1.68 bits per heavy atom. The number of benzene rings is 3. The van der Waals surface area contributed by atoms with Crippen molar-refractivity contribution in [2.75, 3.05) is 4.90 Å². The second kappa shape index (κ2) is 5.88. The number of carbonyl (C=O) groups is 3. The van der Waals surface area contributed by atoms with Crippen molar-refractivity contribution >= 4 is 39.9 Å². The number of phenols is 1. The van der Waals surface area contributed by atoms with E-state index in [9.17, 15) is 34.7 Å². The van der Waals surface area contributed by atoms with Crippen LogP contribution in [0.15, 0.2) is 48.5 Å². The van der Waals surface area contributed by atoms with E-state index in [1.54, 1.807) is 0 Å². The Kier molecular flexibility index (Phi) is 3.60. The summed E-state index contributed by atoms with van der Waals surface area (Å²) in [7, 11) is 0. The van der Waals surface area contributed by atoms with Crippen molar-refractivity contribution in [1.29, 1.82) is 0 Å². The monoisotopic (exact) mass is 378 g/mol. The molecule has 4 rings (SSSR count). The molecule has 28 heavy (non-hydrogen) atoms. The average molecular weight is 378 g/mol. The lowest BCUT2D eigenvalue weighted by Crippen LogP contribution is -2.40. The number of aromatic carboxylic acids is 1. The van der Waals surface area contributed by atoms with Crippen LogP contribution in [0.2, 0.25) is 0 Å². The lowest BCUT2D eigenvalue weighted by atomic mass is 9.92. The molecule has 138 valence electrons.